The van der Waals surface area contributed by atoms with E-state index in [0.29, 0.717) is 0 Å². The van der Waals surface area contributed by atoms with E-state index in [9.17, 15) is 4.79 Å². The van der Waals surface area contributed by atoms with E-state index in [4.69, 9.17) is 0 Å². The first kappa shape index (κ1) is 9.36. The second-order valence-electron chi connectivity index (χ2n) is 0.606. The van der Waals surface area contributed by atoms with Crippen LogP contribution in [0.5, 0.6) is 0 Å². The molecule has 3 heteroatoms. The summed E-state index contributed by atoms with van der Waals surface area (Å²) in [6.45, 7) is 3.09. The molecule has 2 N–H and O–H groups in total. The molecule has 0 spiro atoms. The molecule has 0 saturated carbocycles. The minimum Gasteiger partial charge on any atom is -0.366 e. The monoisotopic (exact) mass is 95.0 g/mol. The number of primary amides is 1. The van der Waals surface area contributed by atoms with Crippen LogP contribution in [0.2, 0.25) is 0 Å². The van der Waals surface area contributed by atoms with Crippen LogP contribution in [0.4, 0.5) is 0 Å². The van der Waals surface area contributed by atoms with Crippen LogP contribution in [0, 0.1) is 0 Å². The van der Waals surface area contributed by atoms with Crippen LogP contribution in [0.15, 0.2) is 12.7 Å². The molecular formula is C3H5MgNO. The number of hydrogen-bond donors (Lipinski definition) is 1. The zero-order valence-corrected chi connectivity index (χ0v) is 4.89. The highest BCUT2D eigenvalue weighted by Crippen LogP contribution is 1.48. The van der Waals surface area contributed by atoms with Crippen molar-refractivity contribution >= 4 is 29.0 Å². The highest BCUT2D eigenvalue weighted by atomic mass is 24.3. The normalized spacial score (nSPS) is 5.33. The van der Waals surface area contributed by atoms with Crippen molar-refractivity contribution in [1.82, 2.24) is 0 Å². The number of carbonyl (C=O) groups excluding carboxylic acids is 1. The van der Waals surface area contributed by atoms with Gasteiger partial charge in [0.05, 0.1) is 0 Å². The molecule has 2 radical (unpaired) electrons. The van der Waals surface area contributed by atoms with E-state index in [2.05, 4.69) is 12.3 Å². The molecule has 6 heavy (non-hydrogen) atoms. The predicted molar refractivity (Wildman–Crippen MR) is 25.1 cm³/mol. The van der Waals surface area contributed by atoms with E-state index in [1.807, 2.05) is 0 Å². The lowest BCUT2D eigenvalue weighted by atomic mass is 10.6. The van der Waals surface area contributed by atoms with E-state index in [0.717, 1.165) is 6.08 Å². The van der Waals surface area contributed by atoms with Gasteiger partial charge in [0.15, 0.2) is 0 Å². The first-order chi connectivity index (χ1) is 2.27. The summed E-state index contributed by atoms with van der Waals surface area (Å²) in [6, 6.07) is 0. The fourth-order valence-electron chi connectivity index (χ4n) is 0. The molecular weight excluding hydrogens is 90.3 g/mol. The summed E-state index contributed by atoms with van der Waals surface area (Å²) < 4.78 is 0. The molecule has 0 heterocycles. The first-order valence-electron chi connectivity index (χ1n) is 1.19. The molecule has 0 aliphatic rings. The van der Waals surface area contributed by atoms with Crippen LogP contribution in [0.3, 0.4) is 0 Å². The smallest absolute Gasteiger partial charge is 0.240 e. The lowest BCUT2D eigenvalue weighted by Gasteiger charge is -1.65. The van der Waals surface area contributed by atoms with E-state index >= 15 is 0 Å². The van der Waals surface area contributed by atoms with Crippen LogP contribution < -0.4 is 5.73 Å². The van der Waals surface area contributed by atoms with Gasteiger partial charge in [0, 0.05) is 23.1 Å². The Morgan fingerprint density at radius 1 is 1.83 bits per heavy atom. The molecule has 0 atom stereocenters. The lowest BCUT2D eigenvalue weighted by Crippen LogP contribution is -2.04. The average molecular weight is 95.4 g/mol. The molecule has 0 unspecified atom stereocenters. The molecule has 0 aliphatic carbocycles. The Bertz CT molecular complexity index is 61.8. The van der Waals surface area contributed by atoms with E-state index in [-0.39, 0.29) is 23.1 Å². The third-order valence-electron chi connectivity index (χ3n) is 0.201. The maximum Gasteiger partial charge on any atom is 0.240 e. The van der Waals surface area contributed by atoms with Gasteiger partial charge in [-0.25, -0.2) is 0 Å². The maximum atomic E-state index is 9.47. The Labute approximate surface area is 52.6 Å². The van der Waals surface area contributed by atoms with Gasteiger partial charge in [0.1, 0.15) is 0 Å². The Morgan fingerprint density at radius 3 is 2.00 bits per heavy atom. The van der Waals surface area contributed by atoms with Gasteiger partial charge in [0.2, 0.25) is 5.91 Å². The van der Waals surface area contributed by atoms with Crippen molar-refractivity contribution in [3.63, 3.8) is 0 Å². The first-order valence-corrected chi connectivity index (χ1v) is 1.19. The average Bonchev–Trinajstić information content (AvgIpc) is 1.38. The number of amides is 1. The summed E-state index contributed by atoms with van der Waals surface area (Å²) in [5.41, 5.74) is 4.53. The standard InChI is InChI=1S/C3H5NO.Mg/c1-2-3(4)5;/h2H,1H2,(H2,4,5);. The highest BCUT2D eigenvalue weighted by molar-refractivity contribution is 5.84. The summed E-state index contributed by atoms with van der Waals surface area (Å²) >= 11 is 0. The molecule has 0 fully saturated rings. The fraction of sp³-hybridized carbons (Fsp3) is 0. The van der Waals surface area contributed by atoms with Crippen LogP contribution >= 0.6 is 0 Å². The summed E-state index contributed by atoms with van der Waals surface area (Å²) in [5, 5.41) is 0. The predicted octanol–water partition coefficient (Wildman–Crippen LogP) is -0.723. The number of carbonyl (C=O) groups is 1. The van der Waals surface area contributed by atoms with Crippen LogP contribution in [0.25, 0.3) is 0 Å². The minimum absolute atomic E-state index is 0. The SMILES string of the molecule is C=CC(N)=O.[Mg]. The largest absolute Gasteiger partial charge is 0.366 e. The van der Waals surface area contributed by atoms with Crippen LogP contribution in [-0.2, 0) is 4.79 Å². The molecule has 0 bridgehead atoms. The third kappa shape index (κ3) is 9.02. The van der Waals surface area contributed by atoms with Crippen LogP contribution in [-0.4, -0.2) is 29.0 Å². The fourth-order valence-corrected chi connectivity index (χ4v) is 0. The Kier molecular flexibility index (Phi) is 7.76. The second kappa shape index (κ2) is 4.98. The van der Waals surface area contributed by atoms with Gasteiger partial charge in [-0.05, 0) is 6.08 Å². The van der Waals surface area contributed by atoms with Crippen molar-refractivity contribution in [2.45, 2.75) is 0 Å². The summed E-state index contributed by atoms with van der Waals surface area (Å²) in [4.78, 5) is 9.47. The Morgan fingerprint density at radius 2 is 2.00 bits per heavy atom. The van der Waals surface area contributed by atoms with Gasteiger partial charge < -0.3 is 5.73 Å². The van der Waals surface area contributed by atoms with Gasteiger partial charge in [-0.2, -0.15) is 0 Å². The molecule has 0 aromatic carbocycles. The van der Waals surface area contributed by atoms with Crippen molar-refractivity contribution in [2.24, 2.45) is 5.73 Å². The molecule has 1 amide bonds. The van der Waals surface area contributed by atoms with Gasteiger partial charge in [-0.15, -0.1) is 0 Å². The van der Waals surface area contributed by atoms with Crippen molar-refractivity contribution in [3.05, 3.63) is 12.7 Å². The molecule has 30 valence electrons. The molecule has 0 saturated heterocycles. The molecule has 0 aromatic rings. The minimum atomic E-state index is -0.481. The Balaban J connectivity index is 0. The van der Waals surface area contributed by atoms with E-state index in [1.54, 1.807) is 0 Å². The van der Waals surface area contributed by atoms with Gasteiger partial charge >= 0.3 is 0 Å². The second-order valence-corrected chi connectivity index (χ2v) is 0.606. The summed E-state index contributed by atoms with van der Waals surface area (Å²) in [5.74, 6) is -0.481. The number of hydrogen-bond acceptors (Lipinski definition) is 1. The van der Waals surface area contributed by atoms with Crippen molar-refractivity contribution < 1.29 is 4.79 Å². The zero-order valence-electron chi connectivity index (χ0n) is 3.48. The van der Waals surface area contributed by atoms with Crippen molar-refractivity contribution in [2.75, 3.05) is 0 Å². The summed E-state index contributed by atoms with van der Waals surface area (Å²) in [6.07, 6.45) is 1.06. The van der Waals surface area contributed by atoms with Gasteiger partial charge in [-0.1, -0.05) is 6.58 Å². The zero-order chi connectivity index (χ0) is 4.28. The third-order valence-corrected chi connectivity index (χ3v) is 0.201. The van der Waals surface area contributed by atoms with E-state index < -0.39 is 5.91 Å². The highest BCUT2D eigenvalue weighted by Gasteiger charge is 1.69. The molecule has 2 nitrogen and oxygen atoms in total. The van der Waals surface area contributed by atoms with Gasteiger partial charge in [0.25, 0.3) is 0 Å². The van der Waals surface area contributed by atoms with Crippen molar-refractivity contribution in [1.29, 1.82) is 0 Å². The Hall–Kier alpha value is -0.0238. The van der Waals surface area contributed by atoms with Crippen LogP contribution in [0.1, 0.15) is 0 Å². The molecule has 0 rings (SSSR count). The van der Waals surface area contributed by atoms with Gasteiger partial charge in [-0.3, -0.25) is 4.79 Å². The summed E-state index contributed by atoms with van der Waals surface area (Å²) in [7, 11) is 0. The topological polar surface area (TPSA) is 43.1 Å². The number of rotatable bonds is 1. The molecule has 0 aliphatic heterocycles. The maximum absolute atomic E-state index is 9.47. The van der Waals surface area contributed by atoms with Crippen molar-refractivity contribution in [3.8, 4) is 0 Å². The molecule has 0 aromatic heterocycles. The van der Waals surface area contributed by atoms with E-state index in [1.165, 1.54) is 0 Å². The quantitative estimate of drug-likeness (QED) is 0.339. The lowest BCUT2D eigenvalue weighted by molar-refractivity contribution is -0.113. The number of nitrogens with two attached hydrogens (primary N) is 1.